The van der Waals surface area contributed by atoms with Crippen molar-refractivity contribution < 1.29 is 18.7 Å². The molecule has 0 aliphatic rings. The normalized spacial score (nSPS) is 10.6. The smallest absolute Gasteiger partial charge is 0.307 e. The highest BCUT2D eigenvalue weighted by atomic mass is 32.2. The van der Waals surface area contributed by atoms with Gasteiger partial charge in [0, 0.05) is 10.5 Å². The molecule has 0 saturated carbocycles. The van der Waals surface area contributed by atoms with Gasteiger partial charge in [-0.1, -0.05) is 30.0 Å². The molecule has 3 aromatic heterocycles. The fourth-order valence-corrected chi connectivity index (χ4v) is 3.92. The number of aromatic nitrogens is 1. The first-order valence-corrected chi connectivity index (χ1v) is 9.48. The number of aliphatic carboxylic acids is 1. The zero-order chi connectivity index (χ0) is 20.2. The zero-order valence-electron chi connectivity index (χ0n) is 15.0. The molecule has 0 radical (unpaired) electrons. The lowest BCUT2D eigenvalue weighted by atomic mass is 10.1. The van der Waals surface area contributed by atoms with Gasteiger partial charge >= 0.3 is 5.97 Å². The average molecular weight is 402 g/mol. The summed E-state index contributed by atoms with van der Waals surface area (Å²) < 4.78 is 11.0. The summed E-state index contributed by atoms with van der Waals surface area (Å²) in [5, 5.41) is 19.5. The molecular formula is C22H14N2O4S. The first-order valence-electron chi connectivity index (χ1n) is 8.66. The van der Waals surface area contributed by atoms with Crippen LogP contribution in [0.25, 0.3) is 22.8 Å². The van der Waals surface area contributed by atoms with Gasteiger partial charge in [-0.15, -0.1) is 0 Å². The molecule has 1 aromatic carbocycles. The maximum Gasteiger partial charge on any atom is 0.307 e. The van der Waals surface area contributed by atoms with Crippen molar-refractivity contribution in [3.63, 3.8) is 0 Å². The van der Waals surface area contributed by atoms with Crippen molar-refractivity contribution in [1.29, 1.82) is 5.26 Å². The molecular weight excluding hydrogens is 388 g/mol. The standard InChI is InChI=1S/C22H14N2O4S/c23-13-16-15(18-6-3-9-27-18)12-17(19-7-4-10-28-19)24-22(16)29-20-8-2-1-5-14(20)11-21(25)26/h1-10,12H,11H2,(H,25,26). The number of nitrogens with zero attached hydrogens (tertiary/aromatic N) is 2. The number of pyridine rings is 1. The van der Waals surface area contributed by atoms with Gasteiger partial charge < -0.3 is 13.9 Å². The molecule has 6 nitrogen and oxygen atoms in total. The summed E-state index contributed by atoms with van der Waals surface area (Å²) in [6, 6.07) is 18.2. The molecule has 3 heterocycles. The number of carboxylic acids is 1. The molecule has 0 fully saturated rings. The number of rotatable bonds is 6. The zero-order valence-corrected chi connectivity index (χ0v) is 15.8. The van der Waals surface area contributed by atoms with Crippen molar-refractivity contribution in [2.45, 2.75) is 16.3 Å². The molecule has 1 N–H and O–H groups in total. The van der Waals surface area contributed by atoms with Crippen LogP contribution >= 0.6 is 11.8 Å². The monoisotopic (exact) mass is 402 g/mol. The second-order valence-electron chi connectivity index (χ2n) is 6.08. The van der Waals surface area contributed by atoms with Gasteiger partial charge in [0.25, 0.3) is 0 Å². The van der Waals surface area contributed by atoms with E-state index >= 15 is 0 Å². The Labute approximate surface area is 170 Å². The van der Waals surface area contributed by atoms with Crippen LogP contribution in [0.2, 0.25) is 0 Å². The summed E-state index contributed by atoms with van der Waals surface area (Å²) in [5.41, 5.74) is 2.15. The Hall–Kier alpha value is -3.76. The highest BCUT2D eigenvalue weighted by molar-refractivity contribution is 7.99. The van der Waals surface area contributed by atoms with Crippen molar-refractivity contribution in [3.8, 4) is 28.8 Å². The van der Waals surface area contributed by atoms with Crippen LogP contribution in [0.4, 0.5) is 0 Å². The molecule has 0 atom stereocenters. The summed E-state index contributed by atoms with van der Waals surface area (Å²) in [7, 11) is 0. The summed E-state index contributed by atoms with van der Waals surface area (Å²) in [4.78, 5) is 16.6. The van der Waals surface area contributed by atoms with E-state index in [1.165, 1.54) is 11.8 Å². The Balaban J connectivity index is 1.87. The van der Waals surface area contributed by atoms with E-state index in [-0.39, 0.29) is 6.42 Å². The number of hydrogen-bond acceptors (Lipinski definition) is 6. The first kappa shape index (κ1) is 18.6. The van der Waals surface area contributed by atoms with E-state index < -0.39 is 5.97 Å². The number of carbonyl (C=O) groups is 1. The third-order valence-electron chi connectivity index (χ3n) is 4.18. The van der Waals surface area contributed by atoms with Crippen LogP contribution in [0, 0.1) is 11.3 Å². The van der Waals surface area contributed by atoms with E-state index in [0.29, 0.717) is 38.9 Å². The summed E-state index contributed by atoms with van der Waals surface area (Å²) >= 11 is 1.25. The van der Waals surface area contributed by atoms with E-state index in [9.17, 15) is 15.2 Å². The Bertz CT molecular complexity index is 1190. The van der Waals surface area contributed by atoms with Gasteiger partial charge in [-0.3, -0.25) is 4.79 Å². The first-order chi connectivity index (χ1) is 14.2. The van der Waals surface area contributed by atoms with Crippen LogP contribution in [-0.2, 0) is 11.2 Å². The lowest BCUT2D eigenvalue weighted by Gasteiger charge is -2.11. The van der Waals surface area contributed by atoms with Crippen LogP contribution in [0.1, 0.15) is 11.1 Å². The van der Waals surface area contributed by atoms with Gasteiger partial charge in [0.2, 0.25) is 0 Å². The molecule has 0 aliphatic carbocycles. The van der Waals surface area contributed by atoms with E-state index in [1.54, 1.807) is 55.0 Å². The Morgan fingerprint density at radius 2 is 1.79 bits per heavy atom. The van der Waals surface area contributed by atoms with Crippen LogP contribution in [0.15, 0.2) is 85.9 Å². The Morgan fingerprint density at radius 1 is 1.07 bits per heavy atom. The summed E-state index contributed by atoms with van der Waals surface area (Å²) in [5.74, 6) is 0.174. The summed E-state index contributed by atoms with van der Waals surface area (Å²) in [6.07, 6.45) is 2.98. The fourth-order valence-electron chi connectivity index (χ4n) is 2.90. The molecule has 0 spiro atoms. The van der Waals surface area contributed by atoms with Gasteiger partial charge in [0.15, 0.2) is 5.76 Å². The minimum atomic E-state index is -0.924. The van der Waals surface area contributed by atoms with Crippen LogP contribution in [0.5, 0.6) is 0 Å². The number of carboxylic acid groups (broad SMARTS) is 1. The molecule has 0 bridgehead atoms. The van der Waals surface area contributed by atoms with Crippen molar-refractivity contribution in [2.24, 2.45) is 0 Å². The number of benzene rings is 1. The summed E-state index contributed by atoms with van der Waals surface area (Å²) in [6.45, 7) is 0. The van der Waals surface area contributed by atoms with Crippen molar-refractivity contribution in [1.82, 2.24) is 4.98 Å². The molecule has 0 aliphatic heterocycles. The number of furan rings is 2. The quantitative estimate of drug-likeness (QED) is 0.470. The fraction of sp³-hybridized carbons (Fsp3) is 0.0455. The third-order valence-corrected chi connectivity index (χ3v) is 5.29. The molecule has 7 heteroatoms. The van der Waals surface area contributed by atoms with Gasteiger partial charge in [-0.05, 0) is 42.0 Å². The molecule has 0 unspecified atom stereocenters. The van der Waals surface area contributed by atoms with Crippen LogP contribution in [0.3, 0.4) is 0 Å². The van der Waals surface area contributed by atoms with Gasteiger partial charge in [0.05, 0.1) is 24.5 Å². The van der Waals surface area contributed by atoms with Crippen LogP contribution < -0.4 is 0 Å². The minimum Gasteiger partial charge on any atom is -0.481 e. The predicted octanol–water partition coefficient (Wildman–Crippen LogP) is 5.25. The Kier molecular flexibility index (Phi) is 5.18. The molecule has 0 amide bonds. The average Bonchev–Trinajstić information content (AvgIpc) is 3.43. The van der Waals surface area contributed by atoms with E-state index in [0.717, 1.165) is 4.90 Å². The van der Waals surface area contributed by atoms with E-state index in [2.05, 4.69) is 11.1 Å². The second kappa shape index (κ2) is 8.09. The van der Waals surface area contributed by atoms with Crippen molar-refractivity contribution in [3.05, 3.63) is 78.3 Å². The SMILES string of the molecule is N#Cc1c(-c2ccco2)cc(-c2ccco2)nc1Sc1ccccc1CC(=O)O. The molecule has 4 aromatic rings. The lowest BCUT2D eigenvalue weighted by molar-refractivity contribution is -0.136. The van der Waals surface area contributed by atoms with Crippen molar-refractivity contribution in [2.75, 3.05) is 0 Å². The van der Waals surface area contributed by atoms with Crippen LogP contribution in [-0.4, -0.2) is 16.1 Å². The van der Waals surface area contributed by atoms with Gasteiger partial charge in [0.1, 0.15) is 22.5 Å². The van der Waals surface area contributed by atoms with E-state index in [1.807, 2.05) is 12.1 Å². The molecule has 142 valence electrons. The molecule has 29 heavy (non-hydrogen) atoms. The van der Waals surface area contributed by atoms with Gasteiger partial charge in [-0.25, -0.2) is 4.98 Å². The molecule has 0 saturated heterocycles. The highest BCUT2D eigenvalue weighted by Crippen LogP contribution is 2.38. The minimum absolute atomic E-state index is 0.117. The Morgan fingerprint density at radius 3 is 2.45 bits per heavy atom. The number of hydrogen-bond donors (Lipinski definition) is 1. The predicted molar refractivity (Wildman–Crippen MR) is 106 cm³/mol. The largest absolute Gasteiger partial charge is 0.481 e. The maximum atomic E-state index is 11.2. The number of nitriles is 1. The van der Waals surface area contributed by atoms with Gasteiger partial charge in [-0.2, -0.15) is 5.26 Å². The molecule has 4 rings (SSSR count). The highest BCUT2D eigenvalue weighted by Gasteiger charge is 2.20. The second-order valence-corrected chi connectivity index (χ2v) is 7.11. The third kappa shape index (κ3) is 3.93. The van der Waals surface area contributed by atoms with E-state index in [4.69, 9.17) is 8.83 Å². The maximum absolute atomic E-state index is 11.2. The topological polar surface area (TPSA) is 100 Å². The van der Waals surface area contributed by atoms with Crippen molar-refractivity contribution >= 4 is 17.7 Å². The lowest BCUT2D eigenvalue weighted by Crippen LogP contribution is -2.02.